The molecule has 3 N–H and O–H groups in total. The monoisotopic (exact) mass is 383 g/mol. The number of nitrogens with zero attached hydrogens (tertiary/aromatic N) is 1. The standard InChI is InChI=1S/C17H26N4O4S/c1-17(2,3)19-16(23)18-15(22)13-20-9-11-21(12-10-20)26(24,25)14-7-5-4-6-8-14/h4-8H,9-13H2,1-3H3,(H2,18,19,22,23)/p+1. The quantitative estimate of drug-likeness (QED) is 0.634. The van der Waals surface area contributed by atoms with Crippen LogP contribution in [0.15, 0.2) is 35.2 Å². The first kappa shape index (κ1) is 20.3. The highest BCUT2D eigenvalue weighted by Crippen LogP contribution is 2.14. The molecule has 1 aromatic rings. The number of quaternary nitrogens is 1. The second-order valence-electron chi connectivity index (χ2n) is 7.40. The Labute approximate surface area is 154 Å². The van der Waals surface area contributed by atoms with Crippen LogP contribution in [-0.4, -0.2) is 62.9 Å². The van der Waals surface area contributed by atoms with E-state index in [4.69, 9.17) is 0 Å². The number of sulfonamides is 1. The molecule has 1 saturated heterocycles. The average Bonchev–Trinajstić information content (AvgIpc) is 2.54. The summed E-state index contributed by atoms with van der Waals surface area (Å²) in [5.74, 6) is -0.374. The van der Waals surface area contributed by atoms with Crippen molar-refractivity contribution in [3.63, 3.8) is 0 Å². The van der Waals surface area contributed by atoms with Gasteiger partial charge in [-0.3, -0.25) is 10.1 Å². The van der Waals surface area contributed by atoms with Crippen LogP contribution in [-0.2, 0) is 14.8 Å². The summed E-state index contributed by atoms with van der Waals surface area (Å²) >= 11 is 0. The van der Waals surface area contributed by atoms with Crippen LogP contribution in [0.1, 0.15) is 20.8 Å². The number of imide groups is 1. The summed E-state index contributed by atoms with van der Waals surface area (Å²) in [6, 6.07) is 7.80. The van der Waals surface area contributed by atoms with E-state index in [2.05, 4.69) is 10.6 Å². The average molecular weight is 383 g/mol. The highest BCUT2D eigenvalue weighted by Gasteiger charge is 2.31. The number of carbonyl (C=O) groups is 2. The van der Waals surface area contributed by atoms with Crippen molar-refractivity contribution in [2.24, 2.45) is 0 Å². The Kier molecular flexibility index (Phi) is 6.38. The van der Waals surface area contributed by atoms with Crippen LogP contribution >= 0.6 is 0 Å². The molecule has 1 aliphatic heterocycles. The molecular formula is C17H27N4O4S+. The number of nitrogens with one attached hydrogen (secondary N) is 3. The Morgan fingerprint density at radius 2 is 1.69 bits per heavy atom. The first-order chi connectivity index (χ1) is 12.1. The Morgan fingerprint density at radius 1 is 1.12 bits per heavy atom. The number of amides is 3. The van der Waals surface area contributed by atoms with E-state index in [1.807, 2.05) is 20.8 Å². The van der Waals surface area contributed by atoms with Gasteiger partial charge in [0.2, 0.25) is 10.0 Å². The summed E-state index contributed by atoms with van der Waals surface area (Å²) in [5, 5.41) is 4.97. The summed E-state index contributed by atoms with van der Waals surface area (Å²) in [7, 11) is -3.50. The maximum atomic E-state index is 12.6. The molecule has 1 heterocycles. The lowest BCUT2D eigenvalue weighted by Gasteiger charge is -2.31. The number of hydrogen-bond acceptors (Lipinski definition) is 4. The van der Waals surface area contributed by atoms with Gasteiger partial charge in [0.1, 0.15) is 0 Å². The largest absolute Gasteiger partial charge is 0.333 e. The van der Waals surface area contributed by atoms with E-state index in [9.17, 15) is 18.0 Å². The summed E-state index contributed by atoms with van der Waals surface area (Å²) < 4.78 is 26.6. The molecule has 0 bridgehead atoms. The van der Waals surface area contributed by atoms with Crippen molar-refractivity contribution in [3.05, 3.63) is 30.3 Å². The number of rotatable bonds is 4. The first-order valence-corrected chi connectivity index (χ1v) is 10.0. The van der Waals surface area contributed by atoms with Gasteiger partial charge in [0.15, 0.2) is 6.54 Å². The molecule has 26 heavy (non-hydrogen) atoms. The fourth-order valence-corrected chi connectivity index (χ4v) is 4.19. The van der Waals surface area contributed by atoms with Crippen LogP contribution in [0.25, 0.3) is 0 Å². The molecule has 8 nitrogen and oxygen atoms in total. The van der Waals surface area contributed by atoms with Crippen LogP contribution in [0.5, 0.6) is 0 Å². The minimum Gasteiger partial charge on any atom is -0.333 e. The van der Waals surface area contributed by atoms with Gasteiger partial charge in [-0.1, -0.05) is 18.2 Å². The maximum absolute atomic E-state index is 12.6. The lowest BCUT2D eigenvalue weighted by molar-refractivity contribution is -0.895. The van der Waals surface area contributed by atoms with Gasteiger partial charge in [-0.05, 0) is 32.9 Å². The SMILES string of the molecule is CC(C)(C)NC(=O)NC(=O)C[NH+]1CCN(S(=O)(=O)c2ccccc2)CC1. The first-order valence-electron chi connectivity index (χ1n) is 8.59. The lowest BCUT2D eigenvalue weighted by atomic mass is 10.1. The summed E-state index contributed by atoms with van der Waals surface area (Å²) in [5.41, 5.74) is -0.422. The summed E-state index contributed by atoms with van der Waals surface area (Å²) in [6.45, 7) is 7.33. The second kappa shape index (κ2) is 8.15. The normalized spacial score (nSPS) is 16.9. The van der Waals surface area contributed by atoms with Gasteiger partial charge < -0.3 is 10.2 Å². The minimum atomic E-state index is -3.50. The van der Waals surface area contributed by atoms with Crippen LogP contribution in [0.4, 0.5) is 4.79 Å². The molecule has 1 aromatic carbocycles. The Bertz CT molecular complexity index is 736. The molecule has 0 unspecified atom stereocenters. The van der Waals surface area contributed by atoms with Crippen LogP contribution in [0.2, 0.25) is 0 Å². The van der Waals surface area contributed by atoms with E-state index >= 15 is 0 Å². The second-order valence-corrected chi connectivity index (χ2v) is 9.33. The number of hydrogen-bond donors (Lipinski definition) is 3. The lowest BCUT2D eigenvalue weighted by Crippen LogP contribution is -3.15. The smallest absolute Gasteiger partial charge is 0.322 e. The Hall–Kier alpha value is -1.97. The fraction of sp³-hybridized carbons (Fsp3) is 0.529. The molecule has 0 radical (unpaired) electrons. The zero-order chi connectivity index (χ0) is 19.4. The molecule has 0 aliphatic carbocycles. The third-order valence-corrected chi connectivity index (χ3v) is 5.88. The van der Waals surface area contributed by atoms with E-state index in [0.717, 1.165) is 4.90 Å². The van der Waals surface area contributed by atoms with Crippen molar-refractivity contribution in [3.8, 4) is 0 Å². The van der Waals surface area contributed by atoms with Crippen molar-refractivity contribution in [2.75, 3.05) is 32.7 Å². The molecule has 1 aliphatic rings. The molecule has 0 aromatic heterocycles. The summed E-state index contributed by atoms with van der Waals surface area (Å²) in [6.07, 6.45) is 0. The number of benzene rings is 1. The van der Waals surface area contributed by atoms with E-state index in [0.29, 0.717) is 26.2 Å². The third kappa shape index (κ3) is 5.79. The van der Waals surface area contributed by atoms with Crippen molar-refractivity contribution in [1.82, 2.24) is 14.9 Å². The third-order valence-electron chi connectivity index (χ3n) is 3.96. The van der Waals surface area contributed by atoms with Gasteiger partial charge in [-0.15, -0.1) is 0 Å². The van der Waals surface area contributed by atoms with E-state index in [1.54, 1.807) is 30.3 Å². The van der Waals surface area contributed by atoms with E-state index in [-0.39, 0.29) is 17.3 Å². The number of urea groups is 1. The molecule has 144 valence electrons. The van der Waals surface area contributed by atoms with Crippen LogP contribution in [0.3, 0.4) is 0 Å². The number of piperazine rings is 1. The predicted octanol–water partition coefficient (Wildman–Crippen LogP) is -0.800. The topological polar surface area (TPSA) is 100 Å². The van der Waals surface area contributed by atoms with Gasteiger partial charge in [-0.2, -0.15) is 4.31 Å². The fourth-order valence-electron chi connectivity index (χ4n) is 2.73. The molecule has 1 fully saturated rings. The van der Waals surface area contributed by atoms with Crippen molar-refractivity contribution < 1.29 is 22.9 Å². The molecule has 0 saturated carbocycles. The minimum absolute atomic E-state index is 0.136. The maximum Gasteiger partial charge on any atom is 0.322 e. The van der Waals surface area contributed by atoms with Gasteiger partial charge in [0, 0.05) is 5.54 Å². The molecular weight excluding hydrogens is 356 g/mol. The van der Waals surface area contributed by atoms with Crippen LogP contribution in [0, 0.1) is 0 Å². The van der Waals surface area contributed by atoms with E-state index < -0.39 is 21.6 Å². The molecule has 9 heteroatoms. The Morgan fingerprint density at radius 3 is 2.23 bits per heavy atom. The van der Waals surface area contributed by atoms with Gasteiger partial charge in [0.05, 0.1) is 31.1 Å². The zero-order valence-electron chi connectivity index (χ0n) is 15.4. The van der Waals surface area contributed by atoms with Crippen molar-refractivity contribution in [1.29, 1.82) is 0 Å². The van der Waals surface area contributed by atoms with Crippen LogP contribution < -0.4 is 15.5 Å². The molecule has 2 rings (SSSR count). The van der Waals surface area contributed by atoms with Crippen molar-refractivity contribution in [2.45, 2.75) is 31.2 Å². The van der Waals surface area contributed by atoms with Gasteiger partial charge >= 0.3 is 6.03 Å². The van der Waals surface area contributed by atoms with Gasteiger partial charge in [-0.25, -0.2) is 13.2 Å². The molecule has 0 spiro atoms. The van der Waals surface area contributed by atoms with E-state index in [1.165, 1.54) is 4.31 Å². The highest BCUT2D eigenvalue weighted by atomic mass is 32.2. The molecule has 3 amide bonds. The molecule has 0 atom stereocenters. The zero-order valence-corrected chi connectivity index (χ0v) is 16.2. The highest BCUT2D eigenvalue weighted by molar-refractivity contribution is 7.89. The Balaban J connectivity index is 1.83. The van der Waals surface area contributed by atoms with Crippen molar-refractivity contribution >= 4 is 22.0 Å². The van der Waals surface area contributed by atoms with Gasteiger partial charge in [0.25, 0.3) is 5.91 Å². The summed E-state index contributed by atoms with van der Waals surface area (Å²) in [4.78, 5) is 24.9. The predicted molar refractivity (Wildman–Crippen MR) is 97.2 cm³/mol. The number of carbonyl (C=O) groups excluding carboxylic acids is 2.